The first kappa shape index (κ1) is 16.0. The van der Waals surface area contributed by atoms with E-state index in [1.807, 2.05) is 29.7 Å². The summed E-state index contributed by atoms with van der Waals surface area (Å²) in [6.45, 7) is 7.95. The fraction of sp³-hybridized carbons (Fsp3) is 0.412. The van der Waals surface area contributed by atoms with E-state index in [1.165, 1.54) is 4.90 Å². The Morgan fingerprint density at radius 2 is 2.22 bits per heavy atom. The largest absolute Gasteiger partial charge is 0.324 e. The number of aryl methyl sites for hydroxylation is 1. The van der Waals surface area contributed by atoms with Gasteiger partial charge in [0.1, 0.15) is 17.9 Å². The van der Waals surface area contributed by atoms with Crippen molar-refractivity contribution in [1.29, 1.82) is 0 Å². The average molecular weight is 331 g/mol. The SMILES string of the molecule is CC[C@H](C)[NH+]1CNc2c(c(=O)[nH]c(=S)n2-c2cccc(C)c2)C1. The molecule has 1 aliphatic rings. The second-order valence-electron chi connectivity index (χ2n) is 6.26. The Bertz CT molecular complexity index is 839. The number of hydrogen-bond donors (Lipinski definition) is 3. The molecule has 3 N–H and O–H groups in total. The number of nitrogens with zero attached hydrogens (tertiary/aromatic N) is 1. The van der Waals surface area contributed by atoms with E-state index in [-0.39, 0.29) is 5.56 Å². The molecular weight excluding hydrogens is 308 g/mol. The van der Waals surface area contributed by atoms with Gasteiger partial charge in [-0.25, -0.2) is 0 Å². The predicted octanol–water partition coefficient (Wildman–Crippen LogP) is 1.77. The lowest BCUT2D eigenvalue weighted by Crippen LogP contribution is -3.16. The Morgan fingerprint density at radius 1 is 1.43 bits per heavy atom. The van der Waals surface area contributed by atoms with Crippen molar-refractivity contribution in [3.8, 4) is 5.69 Å². The Balaban J connectivity index is 2.14. The van der Waals surface area contributed by atoms with E-state index >= 15 is 0 Å². The van der Waals surface area contributed by atoms with Crippen LogP contribution in [0.2, 0.25) is 0 Å². The third-order valence-corrected chi connectivity index (χ3v) is 4.95. The number of H-pyrrole nitrogens is 1. The maximum Gasteiger partial charge on any atom is 0.262 e. The molecule has 0 amide bonds. The predicted molar refractivity (Wildman–Crippen MR) is 94.9 cm³/mol. The van der Waals surface area contributed by atoms with Crippen LogP contribution in [0.15, 0.2) is 29.1 Å². The van der Waals surface area contributed by atoms with Crippen molar-refractivity contribution in [2.75, 3.05) is 12.0 Å². The number of fused-ring (bicyclic) bond motifs is 1. The third-order valence-electron chi connectivity index (χ3n) is 4.66. The number of quaternary nitrogens is 1. The summed E-state index contributed by atoms with van der Waals surface area (Å²) in [5.74, 6) is 0.830. The van der Waals surface area contributed by atoms with Gasteiger partial charge in [0.25, 0.3) is 5.56 Å². The lowest BCUT2D eigenvalue weighted by Gasteiger charge is -2.32. The van der Waals surface area contributed by atoms with E-state index < -0.39 is 0 Å². The van der Waals surface area contributed by atoms with Crippen LogP contribution in [0.5, 0.6) is 0 Å². The summed E-state index contributed by atoms with van der Waals surface area (Å²) < 4.78 is 2.37. The van der Waals surface area contributed by atoms with Crippen molar-refractivity contribution < 1.29 is 4.90 Å². The summed E-state index contributed by atoms with van der Waals surface area (Å²) in [5.41, 5.74) is 2.83. The number of anilines is 1. The van der Waals surface area contributed by atoms with Gasteiger partial charge in [0, 0.05) is 0 Å². The quantitative estimate of drug-likeness (QED) is 0.752. The van der Waals surface area contributed by atoms with E-state index in [1.54, 1.807) is 0 Å². The van der Waals surface area contributed by atoms with Gasteiger partial charge in [0.05, 0.1) is 11.7 Å². The second-order valence-corrected chi connectivity index (χ2v) is 6.65. The molecule has 1 aliphatic heterocycles. The monoisotopic (exact) mass is 331 g/mol. The van der Waals surface area contributed by atoms with Crippen LogP contribution in [0.4, 0.5) is 5.82 Å². The highest BCUT2D eigenvalue weighted by molar-refractivity contribution is 7.71. The Kier molecular flexibility index (Phi) is 4.37. The Labute approximate surface area is 141 Å². The molecule has 1 aromatic carbocycles. The molecule has 0 fully saturated rings. The Hall–Kier alpha value is -1.92. The van der Waals surface area contributed by atoms with Crippen molar-refractivity contribution in [3.05, 3.63) is 50.5 Å². The van der Waals surface area contributed by atoms with Gasteiger partial charge in [-0.05, 0) is 50.2 Å². The third kappa shape index (κ3) is 2.96. The summed E-state index contributed by atoms with van der Waals surface area (Å²) >= 11 is 5.41. The topological polar surface area (TPSA) is 54.3 Å². The lowest BCUT2D eigenvalue weighted by atomic mass is 10.1. The van der Waals surface area contributed by atoms with Crippen LogP contribution in [-0.2, 0) is 6.54 Å². The van der Waals surface area contributed by atoms with Gasteiger partial charge in [-0.15, -0.1) is 0 Å². The summed E-state index contributed by atoms with van der Waals surface area (Å²) in [5, 5.41) is 3.44. The number of hydrogen-bond acceptors (Lipinski definition) is 3. The molecule has 2 atom stereocenters. The molecule has 3 rings (SSSR count). The van der Waals surface area contributed by atoms with Crippen LogP contribution in [0.3, 0.4) is 0 Å². The zero-order valence-electron chi connectivity index (χ0n) is 13.8. The highest BCUT2D eigenvalue weighted by Crippen LogP contribution is 2.20. The molecule has 23 heavy (non-hydrogen) atoms. The van der Waals surface area contributed by atoms with Crippen molar-refractivity contribution in [2.24, 2.45) is 0 Å². The molecule has 2 heterocycles. The smallest absolute Gasteiger partial charge is 0.262 e. The number of benzene rings is 1. The molecule has 1 aromatic heterocycles. The number of nitrogens with one attached hydrogen (secondary N) is 3. The van der Waals surface area contributed by atoms with Crippen molar-refractivity contribution in [3.63, 3.8) is 0 Å². The maximum absolute atomic E-state index is 12.4. The first-order valence-corrected chi connectivity index (χ1v) is 8.45. The van der Waals surface area contributed by atoms with E-state index in [2.05, 4.69) is 30.2 Å². The van der Waals surface area contributed by atoms with Crippen LogP contribution in [0.1, 0.15) is 31.4 Å². The molecular formula is C17H23N4OS+. The Morgan fingerprint density at radius 3 is 2.91 bits per heavy atom. The minimum atomic E-state index is -0.0816. The number of aromatic nitrogens is 2. The molecule has 5 nitrogen and oxygen atoms in total. The summed E-state index contributed by atoms with van der Waals surface area (Å²) in [6, 6.07) is 8.64. The molecule has 0 saturated carbocycles. The van der Waals surface area contributed by atoms with E-state index in [9.17, 15) is 4.79 Å². The first-order chi connectivity index (χ1) is 11.0. The molecule has 0 aliphatic carbocycles. The molecule has 2 aromatic rings. The highest BCUT2D eigenvalue weighted by Gasteiger charge is 2.27. The van der Waals surface area contributed by atoms with Crippen LogP contribution in [-0.4, -0.2) is 22.3 Å². The van der Waals surface area contributed by atoms with Gasteiger partial charge in [0.15, 0.2) is 11.4 Å². The average Bonchev–Trinajstić information content (AvgIpc) is 2.54. The first-order valence-electron chi connectivity index (χ1n) is 8.05. The minimum Gasteiger partial charge on any atom is -0.324 e. The van der Waals surface area contributed by atoms with E-state index in [4.69, 9.17) is 12.2 Å². The van der Waals surface area contributed by atoms with Gasteiger partial charge >= 0.3 is 0 Å². The van der Waals surface area contributed by atoms with E-state index in [0.717, 1.165) is 35.7 Å². The fourth-order valence-electron chi connectivity index (χ4n) is 3.06. The van der Waals surface area contributed by atoms with Crippen LogP contribution >= 0.6 is 12.2 Å². The normalized spacial score (nSPS) is 18.1. The van der Waals surface area contributed by atoms with E-state index in [0.29, 0.717) is 17.4 Å². The molecule has 0 saturated heterocycles. The van der Waals surface area contributed by atoms with Crippen molar-refractivity contribution >= 4 is 18.0 Å². The van der Waals surface area contributed by atoms with Crippen LogP contribution in [0, 0.1) is 11.7 Å². The molecule has 0 bridgehead atoms. The number of aromatic amines is 1. The highest BCUT2D eigenvalue weighted by atomic mass is 32.1. The summed E-state index contributed by atoms with van der Waals surface area (Å²) in [4.78, 5) is 16.6. The van der Waals surface area contributed by atoms with Gasteiger partial charge in [-0.3, -0.25) is 14.3 Å². The minimum absolute atomic E-state index is 0.0816. The summed E-state index contributed by atoms with van der Waals surface area (Å²) in [7, 11) is 0. The van der Waals surface area contributed by atoms with Gasteiger partial charge in [-0.2, -0.15) is 0 Å². The molecule has 0 spiro atoms. The van der Waals surface area contributed by atoms with Gasteiger partial charge in [-0.1, -0.05) is 19.1 Å². The number of rotatable bonds is 3. The zero-order valence-corrected chi connectivity index (χ0v) is 14.6. The van der Waals surface area contributed by atoms with Crippen molar-refractivity contribution in [2.45, 2.75) is 39.8 Å². The van der Waals surface area contributed by atoms with Crippen LogP contribution in [0.25, 0.3) is 5.69 Å². The molecule has 1 unspecified atom stereocenters. The maximum atomic E-state index is 12.4. The summed E-state index contributed by atoms with van der Waals surface area (Å²) in [6.07, 6.45) is 1.08. The molecule has 0 radical (unpaired) electrons. The van der Waals surface area contributed by atoms with Crippen LogP contribution < -0.4 is 15.8 Å². The standard InChI is InChI=1S/C17H22N4OS/c1-4-12(3)20-9-14-15(18-10-20)21(17(23)19-16(14)22)13-7-5-6-11(2)8-13/h5-8,12,18H,4,9-10H2,1-3H3,(H,19,22,23)/p+1/t12-/m0/s1. The molecule has 122 valence electrons. The van der Waals surface area contributed by atoms with Crippen molar-refractivity contribution in [1.82, 2.24) is 9.55 Å². The zero-order chi connectivity index (χ0) is 16.6. The van der Waals surface area contributed by atoms with Gasteiger partial charge < -0.3 is 10.2 Å². The molecule has 6 heteroatoms. The lowest BCUT2D eigenvalue weighted by molar-refractivity contribution is -0.935. The second kappa shape index (κ2) is 6.29. The fourth-order valence-corrected chi connectivity index (χ4v) is 3.35. The van der Waals surface area contributed by atoms with Gasteiger partial charge in [0.2, 0.25) is 0 Å².